The van der Waals surface area contributed by atoms with E-state index >= 15 is 0 Å². The maximum atomic E-state index is 12.0. The van der Waals surface area contributed by atoms with E-state index in [1.165, 1.54) is 5.56 Å². The van der Waals surface area contributed by atoms with Gasteiger partial charge in [0.1, 0.15) is 5.82 Å². The first-order valence-electron chi connectivity index (χ1n) is 8.99. The van der Waals surface area contributed by atoms with E-state index in [-0.39, 0.29) is 18.4 Å². The lowest BCUT2D eigenvalue weighted by Gasteiger charge is -2.35. The minimum absolute atomic E-state index is 0.0254. The first-order chi connectivity index (χ1) is 12.4. The van der Waals surface area contributed by atoms with E-state index in [0.29, 0.717) is 0 Å². The summed E-state index contributed by atoms with van der Waals surface area (Å²) in [6, 6.07) is 0.0254. The third kappa shape index (κ3) is 4.49. The van der Waals surface area contributed by atoms with Crippen molar-refractivity contribution < 1.29 is 14.7 Å². The minimum atomic E-state index is -0.250. The van der Waals surface area contributed by atoms with Crippen molar-refractivity contribution in [3.63, 3.8) is 0 Å². The Morgan fingerprint density at radius 1 is 1.27 bits per heavy atom. The molecule has 0 aliphatic carbocycles. The lowest BCUT2D eigenvalue weighted by Crippen LogP contribution is -2.39. The fourth-order valence-corrected chi connectivity index (χ4v) is 3.66. The zero-order chi connectivity index (χ0) is 19.3. The van der Waals surface area contributed by atoms with Crippen LogP contribution in [0.5, 0.6) is 0 Å². The number of carboxylic acid groups (broad SMARTS) is 1. The highest BCUT2D eigenvalue weighted by molar-refractivity contribution is 5.73. The molecule has 1 amide bonds. The van der Waals surface area contributed by atoms with Crippen molar-refractivity contribution in [2.45, 2.75) is 45.2 Å². The van der Waals surface area contributed by atoms with E-state index < -0.39 is 0 Å². The average molecular weight is 363 g/mol. The Labute approximate surface area is 154 Å². The number of aromatic nitrogens is 2. The summed E-state index contributed by atoms with van der Waals surface area (Å²) in [7, 11) is 6.20. The highest BCUT2D eigenvalue weighted by Crippen LogP contribution is 2.32. The molecule has 0 saturated carbocycles. The van der Waals surface area contributed by atoms with Crippen LogP contribution in [0.15, 0.2) is 0 Å². The monoisotopic (exact) mass is 363 g/mol. The van der Waals surface area contributed by atoms with Gasteiger partial charge in [-0.2, -0.15) is 0 Å². The molecule has 1 N–H and O–H groups in total. The number of fused-ring (bicyclic) bond motifs is 1. The Bertz CT molecular complexity index is 650. The van der Waals surface area contributed by atoms with Crippen molar-refractivity contribution in [1.29, 1.82) is 0 Å². The topological polar surface area (TPSA) is 89.9 Å². The first kappa shape index (κ1) is 20.1. The standard InChI is InChI=1S/C17H27N5O.CH2O2/c1-12(23)22-9-6-5-7-15(22)16-18-14-11-21(4)10-8-13(14)17(19-16)20(2)3;2-1-3/h15H,5-11H2,1-4H3;1H,(H,2,3). The zero-order valence-corrected chi connectivity index (χ0v) is 16.1. The molecule has 1 aromatic heterocycles. The minimum Gasteiger partial charge on any atom is -0.483 e. The molecule has 3 rings (SSSR count). The number of likely N-dealkylation sites (tertiary alicyclic amines) is 1. The van der Waals surface area contributed by atoms with Crippen LogP contribution in [-0.4, -0.2) is 71.5 Å². The Hall–Kier alpha value is -2.22. The quantitative estimate of drug-likeness (QED) is 0.792. The molecule has 0 aromatic carbocycles. The molecule has 26 heavy (non-hydrogen) atoms. The third-order valence-corrected chi connectivity index (χ3v) is 4.88. The van der Waals surface area contributed by atoms with E-state index in [0.717, 1.165) is 62.7 Å². The summed E-state index contributed by atoms with van der Waals surface area (Å²) in [5, 5.41) is 6.89. The van der Waals surface area contributed by atoms with E-state index in [4.69, 9.17) is 19.9 Å². The van der Waals surface area contributed by atoms with Crippen LogP contribution in [0.25, 0.3) is 0 Å². The summed E-state index contributed by atoms with van der Waals surface area (Å²) in [5.41, 5.74) is 2.39. The molecular formula is C18H29N5O3. The molecule has 0 bridgehead atoms. The van der Waals surface area contributed by atoms with Gasteiger partial charge in [0.2, 0.25) is 5.91 Å². The van der Waals surface area contributed by atoms with Crippen molar-refractivity contribution in [2.24, 2.45) is 0 Å². The highest BCUT2D eigenvalue weighted by Gasteiger charge is 2.30. The van der Waals surface area contributed by atoms with Crippen LogP contribution in [0, 0.1) is 0 Å². The summed E-state index contributed by atoms with van der Waals surface area (Å²) >= 11 is 0. The number of carbonyl (C=O) groups is 2. The molecule has 1 saturated heterocycles. The van der Waals surface area contributed by atoms with Gasteiger partial charge in [0.25, 0.3) is 6.47 Å². The van der Waals surface area contributed by atoms with Gasteiger partial charge in [0, 0.05) is 46.2 Å². The summed E-state index contributed by atoms with van der Waals surface area (Å²) in [6.07, 6.45) is 4.15. The van der Waals surface area contributed by atoms with E-state index in [9.17, 15) is 4.79 Å². The van der Waals surface area contributed by atoms with Crippen molar-refractivity contribution >= 4 is 18.2 Å². The normalized spacial score (nSPS) is 19.8. The van der Waals surface area contributed by atoms with Gasteiger partial charge < -0.3 is 19.8 Å². The maximum absolute atomic E-state index is 12.0. The molecule has 2 aliphatic heterocycles. The highest BCUT2D eigenvalue weighted by atomic mass is 16.3. The molecule has 0 spiro atoms. The molecule has 2 aliphatic rings. The number of rotatable bonds is 2. The van der Waals surface area contributed by atoms with Gasteiger partial charge in [-0.1, -0.05) is 0 Å². The number of hydrogen-bond donors (Lipinski definition) is 1. The predicted molar refractivity (Wildman–Crippen MR) is 99.1 cm³/mol. The van der Waals surface area contributed by atoms with Crippen molar-refractivity contribution in [2.75, 3.05) is 39.1 Å². The number of carbonyl (C=O) groups excluding carboxylic acids is 1. The van der Waals surface area contributed by atoms with Crippen LogP contribution in [0.1, 0.15) is 49.3 Å². The fourth-order valence-electron chi connectivity index (χ4n) is 3.66. The Morgan fingerprint density at radius 2 is 1.96 bits per heavy atom. The number of piperidine rings is 1. The molecule has 144 valence electrons. The molecule has 8 nitrogen and oxygen atoms in total. The average Bonchev–Trinajstić information content (AvgIpc) is 2.61. The van der Waals surface area contributed by atoms with Gasteiger partial charge in [-0.3, -0.25) is 9.59 Å². The van der Waals surface area contributed by atoms with Crippen LogP contribution >= 0.6 is 0 Å². The van der Waals surface area contributed by atoms with Gasteiger partial charge in [-0.05, 0) is 32.7 Å². The molecule has 1 atom stereocenters. The number of amides is 1. The Balaban J connectivity index is 0.000000758. The molecule has 1 unspecified atom stereocenters. The summed E-state index contributed by atoms with van der Waals surface area (Å²) in [4.78, 5) is 36.4. The van der Waals surface area contributed by atoms with Crippen LogP contribution in [-0.2, 0) is 22.6 Å². The largest absolute Gasteiger partial charge is 0.483 e. The second-order valence-corrected chi connectivity index (χ2v) is 7.04. The third-order valence-electron chi connectivity index (χ3n) is 4.88. The molecule has 0 radical (unpaired) electrons. The summed E-state index contributed by atoms with van der Waals surface area (Å²) < 4.78 is 0. The van der Waals surface area contributed by atoms with Gasteiger partial charge >= 0.3 is 0 Å². The molecule has 1 aromatic rings. The molecule has 3 heterocycles. The molecule has 8 heteroatoms. The van der Waals surface area contributed by atoms with Gasteiger partial charge in [-0.15, -0.1) is 0 Å². The second kappa shape index (κ2) is 8.93. The lowest BCUT2D eigenvalue weighted by molar-refractivity contribution is -0.132. The SMILES string of the molecule is CC(=O)N1CCCCC1c1nc2c(c(N(C)C)n1)CCN(C)C2.O=CO. The van der Waals surface area contributed by atoms with Crippen molar-refractivity contribution in [3.05, 3.63) is 17.1 Å². The Morgan fingerprint density at radius 3 is 2.58 bits per heavy atom. The van der Waals surface area contributed by atoms with Crippen LogP contribution < -0.4 is 4.90 Å². The summed E-state index contributed by atoms with van der Waals surface area (Å²) in [6.45, 7) is 4.12. The van der Waals surface area contributed by atoms with Gasteiger partial charge in [0.05, 0.1) is 11.7 Å². The lowest BCUT2D eigenvalue weighted by atomic mass is 10.00. The summed E-state index contributed by atoms with van der Waals surface area (Å²) in [5.74, 6) is 1.96. The van der Waals surface area contributed by atoms with Crippen molar-refractivity contribution in [1.82, 2.24) is 19.8 Å². The number of hydrogen-bond acceptors (Lipinski definition) is 6. The van der Waals surface area contributed by atoms with E-state index in [1.807, 2.05) is 19.0 Å². The van der Waals surface area contributed by atoms with E-state index in [2.05, 4.69) is 16.8 Å². The van der Waals surface area contributed by atoms with Crippen LogP contribution in [0.4, 0.5) is 5.82 Å². The number of anilines is 1. The van der Waals surface area contributed by atoms with E-state index in [1.54, 1.807) is 6.92 Å². The molecular weight excluding hydrogens is 334 g/mol. The number of likely N-dealkylation sites (N-methyl/N-ethyl adjacent to an activating group) is 1. The number of nitrogens with zero attached hydrogens (tertiary/aromatic N) is 5. The first-order valence-corrected chi connectivity index (χ1v) is 8.99. The Kier molecular flexibility index (Phi) is 6.90. The maximum Gasteiger partial charge on any atom is 0.290 e. The smallest absolute Gasteiger partial charge is 0.290 e. The molecule has 1 fully saturated rings. The fraction of sp³-hybridized carbons (Fsp3) is 0.667. The van der Waals surface area contributed by atoms with Crippen molar-refractivity contribution in [3.8, 4) is 0 Å². The zero-order valence-electron chi connectivity index (χ0n) is 16.1. The van der Waals surface area contributed by atoms with Gasteiger partial charge in [0.15, 0.2) is 5.82 Å². The predicted octanol–water partition coefficient (Wildman–Crippen LogP) is 1.30. The van der Waals surface area contributed by atoms with Gasteiger partial charge in [-0.25, -0.2) is 9.97 Å². The van der Waals surface area contributed by atoms with Crippen LogP contribution in [0.2, 0.25) is 0 Å². The second-order valence-electron chi connectivity index (χ2n) is 7.04. The van der Waals surface area contributed by atoms with Crippen LogP contribution in [0.3, 0.4) is 0 Å².